The van der Waals surface area contributed by atoms with Gasteiger partial charge in [0.05, 0.1) is 25.7 Å². The SMILES string of the molecule is COc1ccccc1OCCN1C(=O)S/C(=C\c2ccc(OCc3ccc(Br)cc3)c(OC)c2)C1=O. The van der Waals surface area contributed by atoms with Crippen molar-refractivity contribution >= 4 is 44.9 Å². The van der Waals surface area contributed by atoms with Gasteiger partial charge in [-0.3, -0.25) is 14.5 Å². The third kappa shape index (κ3) is 6.22. The number of nitrogens with zero attached hydrogens (tertiary/aromatic N) is 1. The fourth-order valence-electron chi connectivity index (χ4n) is 3.46. The number of imide groups is 1. The van der Waals surface area contributed by atoms with Crippen molar-refractivity contribution in [1.29, 1.82) is 0 Å². The Hall–Kier alpha value is -3.43. The van der Waals surface area contributed by atoms with E-state index in [1.54, 1.807) is 44.6 Å². The summed E-state index contributed by atoms with van der Waals surface area (Å²) in [4.78, 5) is 26.9. The first-order valence-corrected chi connectivity index (χ1v) is 12.7. The molecule has 0 aliphatic carbocycles. The largest absolute Gasteiger partial charge is 0.493 e. The van der Waals surface area contributed by atoms with Crippen LogP contribution in [0, 0.1) is 0 Å². The molecule has 0 atom stereocenters. The molecule has 0 radical (unpaired) electrons. The summed E-state index contributed by atoms with van der Waals surface area (Å²) in [6, 6.07) is 20.5. The molecule has 0 unspecified atom stereocenters. The van der Waals surface area contributed by atoms with E-state index in [0.29, 0.717) is 34.5 Å². The Balaban J connectivity index is 1.39. The molecule has 1 fully saturated rings. The lowest BCUT2D eigenvalue weighted by molar-refractivity contribution is -0.123. The normalized spacial score (nSPS) is 14.3. The molecule has 2 amide bonds. The van der Waals surface area contributed by atoms with E-state index in [1.807, 2.05) is 42.5 Å². The number of thioether (sulfide) groups is 1. The zero-order valence-electron chi connectivity index (χ0n) is 19.7. The second-order valence-electron chi connectivity index (χ2n) is 7.66. The first-order valence-electron chi connectivity index (χ1n) is 11.0. The van der Waals surface area contributed by atoms with Crippen LogP contribution in [0.1, 0.15) is 11.1 Å². The first-order chi connectivity index (χ1) is 17.5. The van der Waals surface area contributed by atoms with E-state index in [-0.39, 0.29) is 24.3 Å². The van der Waals surface area contributed by atoms with Gasteiger partial charge in [-0.25, -0.2) is 0 Å². The molecule has 9 heteroatoms. The van der Waals surface area contributed by atoms with Gasteiger partial charge in [0.1, 0.15) is 13.2 Å². The van der Waals surface area contributed by atoms with Gasteiger partial charge >= 0.3 is 0 Å². The van der Waals surface area contributed by atoms with Gasteiger partial charge < -0.3 is 18.9 Å². The predicted molar refractivity (Wildman–Crippen MR) is 143 cm³/mol. The van der Waals surface area contributed by atoms with Gasteiger partial charge in [0.2, 0.25) is 0 Å². The zero-order chi connectivity index (χ0) is 25.5. The summed E-state index contributed by atoms with van der Waals surface area (Å²) in [5.74, 6) is 1.90. The van der Waals surface area contributed by atoms with E-state index in [9.17, 15) is 9.59 Å². The average Bonchev–Trinajstić information content (AvgIpc) is 3.16. The van der Waals surface area contributed by atoms with Crippen molar-refractivity contribution in [3.8, 4) is 23.0 Å². The van der Waals surface area contributed by atoms with Gasteiger partial charge in [-0.1, -0.05) is 46.3 Å². The summed E-state index contributed by atoms with van der Waals surface area (Å²) in [6.07, 6.45) is 1.67. The number of ether oxygens (including phenoxy) is 4. The number of carbonyl (C=O) groups is 2. The molecule has 1 aliphatic heterocycles. The number of benzene rings is 3. The highest BCUT2D eigenvalue weighted by Gasteiger charge is 2.34. The number of halogens is 1. The van der Waals surface area contributed by atoms with Crippen LogP contribution in [0.5, 0.6) is 23.0 Å². The highest BCUT2D eigenvalue weighted by Crippen LogP contribution is 2.35. The Morgan fingerprint density at radius 1 is 0.861 bits per heavy atom. The standard InChI is InChI=1S/C27H24BrNO6S/c1-32-21-5-3-4-6-22(21)34-14-13-29-26(30)25(36-27(29)31)16-19-9-12-23(24(15-19)33-2)35-17-18-7-10-20(28)11-8-18/h3-12,15-16H,13-14,17H2,1-2H3/b25-16-. The Labute approximate surface area is 222 Å². The van der Waals surface area contributed by atoms with E-state index >= 15 is 0 Å². The van der Waals surface area contributed by atoms with Gasteiger partial charge in [-0.2, -0.15) is 0 Å². The van der Waals surface area contributed by atoms with Gasteiger partial charge in [0.25, 0.3) is 11.1 Å². The molecule has 3 aromatic carbocycles. The second-order valence-corrected chi connectivity index (χ2v) is 9.57. The van der Waals surface area contributed by atoms with Crippen LogP contribution >= 0.6 is 27.7 Å². The monoisotopic (exact) mass is 569 g/mol. The van der Waals surface area contributed by atoms with Crippen LogP contribution in [-0.4, -0.2) is 43.4 Å². The molecule has 36 heavy (non-hydrogen) atoms. The number of amides is 2. The maximum atomic E-state index is 12.9. The minimum Gasteiger partial charge on any atom is -0.493 e. The van der Waals surface area contributed by atoms with E-state index < -0.39 is 0 Å². The molecule has 186 valence electrons. The fraction of sp³-hybridized carbons (Fsp3) is 0.185. The summed E-state index contributed by atoms with van der Waals surface area (Å²) >= 11 is 4.32. The molecule has 1 heterocycles. The Morgan fingerprint density at radius 3 is 2.28 bits per heavy atom. The Kier molecular flexibility index (Phi) is 8.56. The van der Waals surface area contributed by atoms with E-state index in [2.05, 4.69) is 15.9 Å². The summed E-state index contributed by atoms with van der Waals surface area (Å²) in [6.45, 7) is 0.676. The summed E-state index contributed by atoms with van der Waals surface area (Å²) in [5, 5.41) is -0.337. The fourth-order valence-corrected chi connectivity index (χ4v) is 4.59. The van der Waals surface area contributed by atoms with Gasteiger partial charge in [-0.15, -0.1) is 0 Å². The van der Waals surface area contributed by atoms with Crippen molar-refractivity contribution in [2.75, 3.05) is 27.4 Å². The van der Waals surface area contributed by atoms with Crippen LogP contribution in [0.2, 0.25) is 0 Å². The molecular formula is C27H24BrNO6S. The lowest BCUT2D eigenvalue weighted by Gasteiger charge is -2.14. The van der Waals surface area contributed by atoms with Crippen molar-refractivity contribution in [3.05, 3.63) is 87.2 Å². The Morgan fingerprint density at radius 2 is 1.56 bits per heavy atom. The van der Waals surface area contributed by atoms with Crippen LogP contribution in [0.3, 0.4) is 0 Å². The third-order valence-electron chi connectivity index (χ3n) is 5.31. The number of hydrogen-bond donors (Lipinski definition) is 0. The molecule has 0 saturated carbocycles. The molecule has 4 rings (SSSR count). The minimum absolute atomic E-state index is 0.131. The number of hydrogen-bond acceptors (Lipinski definition) is 7. The predicted octanol–water partition coefficient (Wildman–Crippen LogP) is 6.16. The summed E-state index contributed by atoms with van der Waals surface area (Å²) in [7, 11) is 3.11. The van der Waals surface area contributed by atoms with Crippen LogP contribution in [0.4, 0.5) is 4.79 Å². The molecule has 7 nitrogen and oxygen atoms in total. The van der Waals surface area contributed by atoms with Crippen LogP contribution in [-0.2, 0) is 11.4 Å². The molecule has 0 aromatic heterocycles. The van der Waals surface area contributed by atoms with Crippen molar-refractivity contribution in [2.24, 2.45) is 0 Å². The minimum atomic E-state index is -0.358. The maximum Gasteiger partial charge on any atom is 0.293 e. The van der Waals surface area contributed by atoms with Crippen molar-refractivity contribution < 1.29 is 28.5 Å². The number of para-hydroxylation sites is 2. The molecule has 1 aliphatic rings. The zero-order valence-corrected chi connectivity index (χ0v) is 22.1. The van der Waals surface area contributed by atoms with Crippen LogP contribution in [0.15, 0.2) is 76.1 Å². The molecule has 3 aromatic rings. The smallest absolute Gasteiger partial charge is 0.293 e. The Bertz CT molecular complexity index is 1280. The first kappa shape index (κ1) is 25.7. The van der Waals surface area contributed by atoms with Crippen LogP contribution < -0.4 is 18.9 Å². The molecule has 1 saturated heterocycles. The van der Waals surface area contributed by atoms with Gasteiger partial charge in [-0.05, 0) is 65.4 Å². The number of carbonyl (C=O) groups excluding carboxylic acids is 2. The number of rotatable bonds is 10. The highest BCUT2D eigenvalue weighted by atomic mass is 79.9. The average molecular weight is 570 g/mol. The van der Waals surface area contributed by atoms with E-state index in [0.717, 1.165) is 27.4 Å². The lowest BCUT2D eigenvalue weighted by atomic mass is 10.1. The van der Waals surface area contributed by atoms with E-state index in [1.165, 1.54) is 4.90 Å². The summed E-state index contributed by atoms with van der Waals surface area (Å²) in [5.41, 5.74) is 1.74. The molecule has 0 N–H and O–H groups in total. The van der Waals surface area contributed by atoms with Crippen molar-refractivity contribution in [1.82, 2.24) is 4.90 Å². The van der Waals surface area contributed by atoms with Crippen molar-refractivity contribution in [2.45, 2.75) is 6.61 Å². The molecule has 0 bridgehead atoms. The lowest BCUT2D eigenvalue weighted by Crippen LogP contribution is -2.32. The quantitative estimate of drug-likeness (QED) is 0.270. The van der Waals surface area contributed by atoms with Crippen LogP contribution in [0.25, 0.3) is 6.08 Å². The summed E-state index contributed by atoms with van der Waals surface area (Å²) < 4.78 is 23.4. The topological polar surface area (TPSA) is 74.3 Å². The van der Waals surface area contributed by atoms with Crippen molar-refractivity contribution in [3.63, 3.8) is 0 Å². The molecular weight excluding hydrogens is 546 g/mol. The van der Waals surface area contributed by atoms with Gasteiger partial charge in [0, 0.05) is 4.47 Å². The van der Waals surface area contributed by atoms with E-state index in [4.69, 9.17) is 18.9 Å². The maximum absolute atomic E-state index is 12.9. The second kappa shape index (κ2) is 12.0. The third-order valence-corrected chi connectivity index (χ3v) is 6.74. The molecule has 0 spiro atoms. The number of methoxy groups -OCH3 is 2. The van der Waals surface area contributed by atoms with Gasteiger partial charge in [0.15, 0.2) is 23.0 Å². The highest BCUT2D eigenvalue weighted by molar-refractivity contribution is 9.10.